The third-order valence-corrected chi connectivity index (χ3v) is 4.45. The first-order chi connectivity index (χ1) is 13.0. The van der Waals surface area contributed by atoms with E-state index in [4.69, 9.17) is 0 Å². The van der Waals surface area contributed by atoms with Gasteiger partial charge in [0.2, 0.25) is 0 Å². The van der Waals surface area contributed by atoms with E-state index in [9.17, 15) is 9.18 Å². The van der Waals surface area contributed by atoms with E-state index in [1.807, 2.05) is 61.5 Å². The maximum atomic E-state index is 14.1. The van der Waals surface area contributed by atoms with E-state index in [1.54, 1.807) is 23.1 Å². The van der Waals surface area contributed by atoms with Crippen LogP contribution in [0.4, 0.5) is 14.9 Å². The Morgan fingerprint density at radius 2 is 1.63 bits per heavy atom. The van der Waals surface area contributed by atoms with Crippen molar-refractivity contribution in [3.05, 3.63) is 78.1 Å². The zero-order valence-corrected chi connectivity index (χ0v) is 15.7. The highest BCUT2D eigenvalue weighted by Crippen LogP contribution is 2.23. The molecule has 1 N–H and O–H groups in total. The molecule has 0 aromatic heterocycles. The van der Waals surface area contributed by atoms with Gasteiger partial charge >= 0.3 is 6.03 Å². The SMILES string of the molecule is CN(C)CCN(Cc1ccccc1F)C(=O)Nc1cccc2ccccc12. The fourth-order valence-corrected chi connectivity index (χ4v) is 2.93. The van der Waals surface area contributed by atoms with Crippen molar-refractivity contribution in [1.82, 2.24) is 9.80 Å². The molecular weight excluding hydrogens is 341 g/mol. The van der Waals surface area contributed by atoms with E-state index in [1.165, 1.54) is 6.07 Å². The van der Waals surface area contributed by atoms with Crippen LogP contribution in [-0.2, 0) is 6.54 Å². The monoisotopic (exact) mass is 365 g/mol. The standard InChI is InChI=1S/C22H24FN3O/c1-25(2)14-15-26(16-18-9-4-6-12-20(18)23)22(27)24-21-13-7-10-17-8-3-5-11-19(17)21/h3-13H,14-16H2,1-2H3,(H,24,27). The third kappa shape index (κ3) is 4.83. The normalized spacial score (nSPS) is 11.0. The highest BCUT2D eigenvalue weighted by molar-refractivity contribution is 6.01. The number of nitrogens with zero attached hydrogens (tertiary/aromatic N) is 2. The summed E-state index contributed by atoms with van der Waals surface area (Å²) in [6.45, 7) is 1.41. The summed E-state index contributed by atoms with van der Waals surface area (Å²) in [4.78, 5) is 16.6. The number of halogens is 1. The number of fused-ring (bicyclic) bond motifs is 1. The zero-order chi connectivity index (χ0) is 19.2. The number of hydrogen-bond acceptors (Lipinski definition) is 2. The molecule has 0 saturated carbocycles. The number of urea groups is 1. The number of hydrogen-bond donors (Lipinski definition) is 1. The molecule has 140 valence electrons. The first-order valence-electron chi connectivity index (χ1n) is 8.96. The zero-order valence-electron chi connectivity index (χ0n) is 15.7. The summed E-state index contributed by atoms with van der Waals surface area (Å²) in [5.74, 6) is -0.301. The van der Waals surface area contributed by atoms with Gasteiger partial charge in [-0.05, 0) is 31.6 Å². The van der Waals surface area contributed by atoms with Gasteiger partial charge < -0.3 is 15.1 Å². The van der Waals surface area contributed by atoms with E-state index >= 15 is 0 Å². The van der Waals surface area contributed by atoms with Gasteiger partial charge in [-0.1, -0.05) is 54.6 Å². The number of amides is 2. The van der Waals surface area contributed by atoms with Crippen LogP contribution in [-0.4, -0.2) is 43.0 Å². The van der Waals surface area contributed by atoms with E-state index in [0.717, 1.165) is 16.5 Å². The molecule has 0 radical (unpaired) electrons. The van der Waals surface area contributed by atoms with E-state index in [0.29, 0.717) is 18.7 Å². The Balaban J connectivity index is 1.82. The predicted octanol–water partition coefficient (Wildman–Crippen LogP) is 4.57. The summed E-state index contributed by atoms with van der Waals surface area (Å²) in [5, 5.41) is 5.03. The molecule has 4 nitrogen and oxygen atoms in total. The van der Waals surface area contributed by atoms with Crippen LogP contribution in [0.5, 0.6) is 0 Å². The number of rotatable bonds is 6. The summed E-state index contributed by atoms with van der Waals surface area (Å²) < 4.78 is 14.1. The first kappa shape index (κ1) is 18.9. The van der Waals surface area contributed by atoms with Gasteiger partial charge in [-0.15, -0.1) is 0 Å². The minimum atomic E-state index is -0.301. The van der Waals surface area contributed by atoms with E-state index in [-0.39, 0.29) is 18.4 Å². The number of anilines is 1. The molecule has 0 aliphatic carbocycles. The van der Waals surface area contributed by atoms with Crippen LogP contribution >= 0.6 is 0 Å². The number of likely N-dealkylation sites (N-methyl/N-ethyl adjacent to an activating group) is 1. The third-order valence-electron chi connectivity index (χ3n) is 4.45. The molecule has 5 heteroatoms. The molecule has 0 unspecified atom stereocenters. The Labute approximate surface area is 159 Å². The predicted molar refractivity (Wildman–Crippen MR) is 108 cm³/mol. The Hall–Kier alpha value is -2.92. The Morgan fingerprint density at radius 3 is 2.41 bits per heavy atom. The van der Waals surface area contributed by atoms with Crippen LogP contribution in [0.25, 0.3) is 10.8 Å². The van der Waals surface area contributed by atoms with Gasteiger partial charge in [-0.2, -0.15) is 0 Å². The molecule has 0 heterocycles. The van der Waals surface area contributed by atoms with Crippen LogP contribution in [0.3, 0.4) is 0 Å². The first-order valence-corrected chi connectivity index (χ1v) is 8.96. The van der Waals surface area contributed by atoms with E-state index < -0.39 is 0 Å². The minimum absolute atomic E-state index is 0.219. The second-order valence-electron chi connectivity index (χ2n) is 6.77. The van der Waals surface area contributed by atoms with Crippen molar-refractivity contribution in [3.63, 3.8) is 0 Å². The molecule has 0 fully saturated rings. The van der Waals surface area contributed by atoms with Crippen molar-refractivity contribution >= 4 is 22.5 Å². The number of nitrogens with one attached hydrogen (secondary N) is 1. The smallest absolute Gasteiger partial charge is 0.319 e. The summed E-state index contributed by atoms with van der Waals surface area (Å²) in [6.07, 6.45) is 0. The largest absolute Gasteiger partial charge is 0.322 e. The quantitative estimate of drug-likeness (QED) is 0.694. The fraction of sp³-hybridized carbons (Fsp3) is 0.227. The molecule has 0 bridgehead atoms. The maximum absolute atomic E-state index is 14.1. The lowest BCUT2D eigenvalue weighted by Gasteiger charge is -2.25. The highest BCUT2D eigenvalue weighted by Gasteiger charge is 2.17. The van der Waals surface area contributed by atoms with E-state index in [2.05, 4.69) is 5.32 Å². The summed E-state index contributed by atoms with van der Waals surface area (Å²) in [6, 6.07) is 20.0. The van der Waals surface area contributed by atoms with Gasteiger partial charge in [-0.3, -0.25) is 0 Å². The molecule has 3 aromatic carbocycles. The molecule has 3 rings (SSSR count). The lowest BCUT2D eigenvalue weighted by atomic mass is 10.1. The number of benzene rings is 3. The highest BCUT2D eigenvalue weighted by atomic mass is 19.1. The summed E-state index contributed by atoms with van der Waals surface area (Å²) >= 11 is 0. The molecule has 0 atom stereocenters. The van der Waals surface area contributed by atoms with Crippen molar-refractivity contribution in [1.29, 1.82) is 0 Å². The molecule has 3 aromatic rings. The Bertz CT molecular complexity index is 921. The van der Waals surface area contributed by atoms with Gasteiger partial charge in [-0.25, -0.2) is 9.18 Å². The average Bonchev–Trinajstić information content (AvgIpc) is 2.66. The van der Waals surface area contributed by atoms with Crippen LogP contribution < -0.4 is 5.32 Å². The lowest BCUT2D eigenvalue weighted by molar-refractivity contribution is 0.201. The van der Waals surface area contributed by atoms with Gasteiger partial charge in [0.25, 0.3) is 0 Å². The van der Waals surface area contributed by atoms with Crippen molar-refractivity contribution < 1.29 is 9.18 Å². The number of carbonyl (C=O) groups is 1. The fourth-order valence-electron chi connectivity index (χ4n) is 2.93. The second-order valence-corrected chi connectivity index (χ2v) is 6.77. The lowest BCUT2D eigenvalue weighted by Crippen LogP contribution is -2.39. The Kier molecular flexibility index (Phi) is 6.04. The van der Waals surface area contributed by atoms with Crippen molar-refractivity contribution in [3.8, 4) is 0 Å². The molecule has 2 amide bonds. The van der Waals surface area contributed by atoms with Crippen LogP contribution in [0, 0.1) is 5.82 Å². The number of carbonyl (C=O) groups excluding carboxylic acids is 1. The van der Waals surface area contributed by atoms with Gasteiger partial charge in [0.15, 0.2) is 0 Å². The van der Waals surface area contributed by atoms with Crippen LogP contribution in [0.1, 0.15) is 5.56 Å². The average molecular weight is 365 g/mol. The van der Waals surface area contributed by atoms with Crippen molar-refractivity contribution in [2.75, 3.05) is 32.5 Å². The van der Waals surface area contributed by atoms with Gasteiger partial charge in [0, 0.05) is 24.0 Å². The van der Waals surface area contributed by atoms with Gasteiger partial charge in [0.1, 0.15) is 5.82 Å². The summed E-state index contributed by atoms with van der Waals surface area (Å²) in [7, 11) is 3.90. The van der Waals surface area contributed by atoms with Crippen molar-refractivity contribution in [2.45, 2.75) is 6.54 Å². The molecule has 27 heavy (non-hydrogen) atoms. The van der Waals surface area contributed by atoms with Gasteiger partial charge in [0.05, 0.1) is 12.2 Å². The molecule has 0 aliphatic heterocycles. The van der Waals surface area contributed by atoms with Crippen LogP contribution in [0.2, 0.25) is 0 Å². The maximum Gasteiger partial charge on any atom is 0.322 e. The topological polar surface area (TPSA) is 35.6 Å². The molecule has 0 aliphatic rings. The minimum Gasteiger partial charge on any atom is -0.319 e. The molecule has 0 spiro atoms. The second kappa shape index (κ2) is 8.64. The molecule has 0 saturated heterocycles. The van der Waals surface area contributed by atoms with Crippen LogP contribution in [0.15, 0.2) is 66.7 Å². The Morgan fingerprint density at radius 1 is 0.926 bits per heavy atom. The van der Waals surface area contributed by atoms with Crippen molar-refractivity contribution in [2.24, 2.45) is 0 Å². The molecular formula is C22H24FN3O. The summed E-state index contributed by atoms with van der Waals surface area (Å²) in [5.41, 5.74) is 1.26.